The Bertz CT molecular complexity index is 1380. The molecule has 3 aromatic rings. The summed E-state index contributed by atoms with van der Waals surface area (Å²) in [6, 6.07) is 21.2. The number of rotatable bonds is 15. The van der Waals surface area contributed by atoms with Gasteiger partial charge in [0.05, 0.1) is 19.1 Å². The molecule has 2 amide bonds. The van der Waals surface area contributed by atoms with Crippen LogP contribution >= 0.6 is 0 Å². The minimum atomic E-state index is -3.68. The first-order valence-electron chi connectivity index (χ1n) is 13.6. The highest BCUT2D eigenvalue weighted by Crippen LogP contribution is 2.21. The molecule has 1 N–H and O–H groups in total. The maximum atomic E-state index is 13.8. The largest absolute Gasteiger partial charge is 0.497 e. The summed E-state index contributed by atoms with van der Waals surface area (Å²) in [5.41, 5.74) is 2.02. The number of hydrogen-bond donors (Lipinski definition) is 1. The summed E-state index contributed by atoms with van der Waals surface area (Å²) >= 11 is 0. The molecule has 0 unspecified atom stereocenters. The van der Waals surface area contributed by atoms with Crippen LogP contribution in [0.15, 0.2) is 78.9 Å². The van der Waals surface area contributed by atoms with Gasteiger partial charge in [0.1, 0.15) is 17.6 Å². The third-order valence-corrected chi connectivity index (χ3v) is 7.77. The first kappa shape index (κ1) is 31.6. The van der Waals surface area contributed by atoms with Crippen molar-refractivity contribution in [3.63, 3.8) is 0 Å². The van der Waals surface area contributed by atoms with Gasteiger partial charge in [-0.3, -0.25) is 13.9 Å². The summed E-state index contributed by atoms with van der Waals surface area (Å²) in [4.78, 5) is 28.8. The fraction of sp³-hybridized carbons (Fsp3) is 0.355. The second-order valence-corrected chi connectivity index (χ2v) is 11.7. The van der Waals surface area contributed by atoms with Crippen molar-refractivity contribution in [2.24, 2.45) is 0 Å². The van der Waals surface area contributed by atoms with Gasteiger partial charge in [-0.1, -0.05) is 49.4 Å². The zero-order valence-corrected chi connectivity index (χ0v) is 24.6. The van der Waals surface area contributed by atoms with Gasteiger partial charge in [0.25, 0.3) is 0 Å². The van der Waals surface area contributed by atoms with Crippen molar-refractivity contribution in [3.8, 4) is 5.75 Å². The molecule has 3 rings (SSSR count). The number of sulfonamides is 1. The summed E-state index contributed by atoms with van der Waals surface area (Å²) < 4.78 is 45.0. The van der Waals surface area contributed by atoms with Gasteiger partial charge >= 0.3 is 0 Å². The van der Waals surface area contributed by atoms with Gasteiger partial charge in [0.15, 0.2) is 0 Å². The molecule has 41 heavy (non-hydrogen) atoms. The Balaban J connectivity index is 1.88. The third-order valence-electron chi connectivity index (χ3n) is 6.57. The molecule has 1 atom stereocenters. The van der Waals surface area contributed by atoms with Crippen molar-refractivity contribution in [1.82, 2.24) is 10.2 Å². The van der Waals surface area contributed by atoms with Crippen molar-refractivity contribution in [2.75, 3.05) is 30.8 Å². The minimum absolute atomic E-state index is 0.00350. The second-order valence-electron chi connectivity index (χ2n) is 9.78. The van der Waals surface area contributed by atoms with Gasteiger partial charge in [-0.2, -0.15) is 0 Å². The fourth-order valence-electron chi connectivity index (χ4n) is 4.50. The van der Waals surface area contributed by atoms with Gasteiger partial charge in [0.2, 0.25) is 21.8 Å². The Hall–Kier alpha value is -3.92. The van der Waals surface area contributed by atoms with Crippen LogP contribution in [0, 0.1) is 5.82 Å². The Kier molecular flexibility index (Phi) is 11.7. The van der Waals surface area contributed by atoms with E-state index in [4.69, 9.17) is 4.74 Å². The quantitative estimate of drug-likeness (QED) is 0.283. The minimum Gasteiger partial charge on any atom is -0.497 e. The molecule has 0 aromatic heterocycles. The van der Waals surface area contributed by atoms with E-state index >= 15 is 0 Å². The van der Waals surface area contributed by atoms with Gasteiger partial charge < -0.3 is 15.0 Å². The second kappa shape index (κ2) is 15.2. The van der Waals surface area contributed by atoms with E-state index < -0.39 is 21.9 Å². The van der Waals surface area contributed by atoms with Gasteiger partial charge in [0, 0.05) is 32.5 Å². The molecule has 0 aliphatic carbocycles. The van der Waals surface area contributed by atoms with Crippen LogP contribution in [-0.4, -0.2) is 57.6 Å². The Morgan fingerprint density at radius 1 is 0.976 bits per heavy atom. The molecule has 0 spiro atoms. The number of ether oxygens (including phenoxy) is 1. The highest BCUT2D eigenvalue weighted by atomic mass is 32.2. The molecule has 0 saturated carbocycles. The molecule has 0 heterocycles. The van der Waals surface area contributed by atoms with Crippen molar-refractivity contribution in [2.45, 2.75) is 45.2 Å². The molecule has 220 valence electrons. The summed E-state index contributed by atoms with van der Waals surface area (Å²) in [5, 5.41) is 2.94. The average Bonchev–Trinajstić information content (AvgIpc) is 2.96. The molecule has 0 aliphatic rings. The number of amides is 2. The van der Waals surface area contributed by atoms with Crippen molar-refractivity contribution >= 4 is 27.5 Å². The van der Waals surface area contributed by atoms with E-state index in [1.165, 1.54) is 24.3 Å². The first-order chi connectivity index (χ1) is 19.6. The van der Waals surface area contributed by atoms with Gasteiger partial charge in [-0.05, 0) is 60.4 Å². The molecule has 0 radical (unpaired) electrons. The molecular weight excluding hydrogens is 545 g/mol. The third kappa shape index (κ3) is 9.60. The normalized spacial score (nSPS) is 11.9. The maximum absolute atomic E-state index is 13.8. The van der Waals surface area contributed by atoms with Crippen LogP contribution in [0.2, 0.25) is 0 Å². The van der Waals surface area contributed by atoms with E-state index in [0.717, 1.165) is 28.1 Å². The number of benzene rings is 3. The van der Waals surface area contributed by atoms with Crippen LogP contribution in [0.5, 0.6) is 5.75 Å². The smallest absolute Gasteiger partial charge is 0.243 e. The lowest BCUT2D eigenvalue weighted by atomic mass is 10.0. The highest BCUT2D eigenvalue weighted by molar-refractivity contribution is 7.92. The molecule has 0 aliphatic heterocycles. The van der Waals surface area contributed by atoms with Crippen LogP contribution in [0.3, 0.4) is 0 Å². The van der Waals surface area contributed by atoms with E-state index in [1.54, 1.807) is 18.1 Å². The molecule has 3 aromatic carbocycles. The zero-order valence-electron chi connectivity index (χ0n) is 23.8. The molecule has 10 heteroatoms. The standard InChI is InChI=1S/C31H38FN3O5S/c1-4-19-33-31(37)29(22-24-10-6-5-7-11-24)34(23-25-12-8-13-28(21-25)40-2)30(36)14-9-20-35(41(3,38)39)27-17-15-26(32)16-18-27/h5-8,10-13,15-18,21,29H,4,9,14,19-20,22-23H2,1-3H3,(H,33,37)/t29-/m0/s1. The van der Waals surface area contributed by atoms with E-state index in [9.17, 15) is 22.4 Å². The number of carbonyl (C=O) groups is 2. The molecule has 0 fully saturated rings. The van der Waals surface area contributed by atoms with Crippen LogP contribution in [0.4, 0.5) is 10.1 Å². The Labute approximate surface area is 242 Å². The van der Waals surface area contributed by atoms with Gasteiger partial charge in [-0.15, -0.1) is 0 Å². The molecular formula is C31H38FN3O5S. The number of hydrogen-bond acceptors (Lipinski definition) is 5. The predicted octanol–water partition coefficient (Wildman–Crippen LogP) is 4.55. The predicted molar refractivity (Wildman–Crippen MR) is 159 cm³/mol. The number of carbonyl (C=O) groups excluding carboxylic acids is 2. The summed E-state index contributed by atoms with van der Waals surface area (Å²) in [6.45, 7) is 2.63. The van der Waals surface area contributed by atoms with Crippen molar-refractivity contribution in [3.05, 3.63) is 95.8 Å². The Morgan fingerprint density at radius 3 is 2.29 bits per heavy atom. The average molecular weight is 584 g/mol. The monoisotopic (exact) mass is 583 g/mol. The van der Waals surface area contributed by atoms with E-state index in [0.29, 0.717) is 24.4 Å². The zero-order chi connectivity index (χ0) is 29.8. The number of anilines is 1. The molecule has 0 bridgehead atoms. The number of nitrogens with one attached hydrogen (secondary N) is 1. The molecule has 8 nitrogen and oxygen atoms in total. The van der Waals surface area contributed by atoms with Crippen LogP contribution in [0.1, 0.15) is 37.3 Å². The van der Waals surface area contributed by atoms with Crippen LogP contribution in [0.25, 0.3) is 0 Å². The number of methoxy groups -OCH3 is 1. The number of nitrogens with zero attached hydrogens (tertiary/aromatic N) is 2. The van der Waals surface area contributed by atoms with Crippen LogP contribution in [-0.2, 0) is 32.6 Å². The van der Waals surface area contributed by atoms with E-state index in [2.05, 4.69) is 5.32 Å². The lowest BCUT2D eigenvalue weighted by Gasteiger charge is -2.32. The fourth-order valence-corrected chi connectivity index (χ4v) is 5.46. The van der Waals surface area contributed by atoms with E-state index in [1.807, 2.05) is 55.5 Å². The van der Waals surface area contributed by atoms with Crippen LogP contribution < -0.4 is 14.4 Å². The summed E-state index contributed by atoms with van der Waals surface area (Å²) in [7, 11) is -2.12. The highest BCUT2D eigenvalue weighted by Gasteiger charge is 2.30. The maximum Gasteiger partial charge on any atom is 0.243 e. The summed E-state index contributed by atoms with van der Waals surface area (Å²) in [5.74, 6) is -0.381. The van der Waals surface area contributed by atoms with E-state index in [-0.39, 0.29) is 37.7 Å². The first-order valence-corrected chi connectivity index (χ1v) is 15.4. The topological polar surface area (TPSA) is 96.0 Å². The Morgan fingerprint density at radius 2 is 1.66 bits per heavy atom. The lowest BCUT2D eigenvalue weighted by molar-refractivity contribution is -0.141. The van der Waals surface area contributed by atoms with Crippen molar-refractivity contribution in [1.29, 1.82) is 0 Å². The molecule has 0 saturated heterocycles. The SMILES string of the molecule is CCCNC(=O)[C@H](Cc1ccccc1)N(Cc1cccc(OC)c1)C(=O)CCCN(c1ccc(F)cc1)S(C)(=O)=O. The van der Waals surface area contributed by atoms with Crippen molar-refractivity contribution < 1.29 is 27.1 Å². The summed E-state index contributed by atoms with van der Waals surface area (Å²) in [6.07, 6.45) is 2.34. The lowest BCUT2D eigenvalue weighted by Crippen LogP contribution is -2.50. The van der Waals surface area contributed by atoms with Gasteiger partial charge in [-0.25, -0.2) is 12.8 Å². The number of halogens is 1.